The lowest BCUT2D eigenvalue weighted by Gasteiger charge is -2.10. The van der Waals surface area contributed by atoms with E-state index in [9.17, 15) is 9.59 Å². The van der Waals surface area contributed by atoms with E-state index in [0.29, 0.717) is 24.3 Å². The van der Waals surface area contributed by atoms with Gasteiger partial charge in [-0.05, 0) is 84.6 Å². The fourth-order valence-corrected chi connectivity index (χ4v) is 5.46. The van der Waals surface area contributed by atoms with Gasteiger partial charge in [0.15, 0.2) is 0 Å². The molecule has 0 saturated carbocycles. The van der Waals surface area contributed by atoms with Crippen molar-refractivity contribution in [2.45, 2.75) is 13.8 Å². The lowest BCUT2D eigenvalue weighted by atomic mass is 9.96. The molecule has 1 aromatic heterocycles. The van der Waals surface area contributed by atoms with Crippen LogP contribution in [0.1, 0.15) is 34.6 Å². The van der Waals surface area contributed by atoms with Gasteiger partial charge in [-0.1, -0.05) is 66.7 Å². The third kappa shape index (κ3) is 4.76. The SMILES string of the molecule is CCOC(=O)c1ccccc1-c1ccc2c(c1)c1cc(-c3ccccc3C(=O)OCC)ccc1n2-c1ccccc1. The van der Waals surface area contributed by atoms with Gasteiger partial charge >= 0.3 is 11.9 Å². The molecular formula is C36H29NO4. The number of aromatic nitrogens is 1. The van der Waals surface area contributed by atoms with E-state index >= 15 is 0 Å². The molecule has 0 N–H and O–H groups in total. The molecule has 5 nitrogen and oxygen atoms in total. The summed E-state index contributed by atoms with van der Waals surface area (Å²) in [5.41, 5.74) is 7.67. The zero-order valence-electron chi connectivity index (χ0n) is 23.0. The number of nitrogens with zero attached hydrogens (tertiary/aromatic N) is 1. The van der Waals surface area contributed by atoms with Gasteiger partial charge in [-0.3, -0.25) is 0 Å². The van der Waals surface area contributed by atoms with Crippen LogP contribution in [0.4, 0.5) is 0 Å². The standard InChI is InChI=1S/C36H29NO4/c1-3-40-35(38)29-16-10-8-14-27(29)24-18-20-33-31(22-24)32-23-25(28-15-9-11-17-30(28)36(39)41-4-2)19-21-34(32)37(33)26-12-6-5-7-13-26/h5-23H,3-4H2,1-2H3. The van der Waals surface area contributed by atoms with Gasteiger partial charge in [0.05, 0.1) is 35.4 Å². The van der Waals surface area contributed by atoms with Crippen LogP contribution < -0.4 is 0 Å². The smallest absolute Gasteiger partial charge is 0.338 e. The molecule has 0 saturated heterocycles. The maximum atomic E-state index is 12.8. The average molecular weight is 540 g/mol. The molecule has 0 atom stereocenters. The summed E-state index contributed by atoms with van der Waals surface area (Å²) in [6, 6.07) is 37.9. The van der Waals surface area contributed by atoms with Gasteiger partial charge in [-0.25, -0.2) is 9.59 Å². The van der Waals surface area contributed by atoms with Gasteiger partial charge in [0.2, 0.25) is 0 Å². The number of hydrogen-bond acceptors (Lipinski definition) is 4. The molecule has 1 heterocycles. The largest absolute Gasteiger partial charge is 0.462 e. The van der Waals surface area contributed by atoms with Gasteiger partial charge in [0.1, 0.15) is 0 Å². The molecule has 202 valence electrons. The molecule has 0 radical (unpaired) electrons. The molecule has 6 rings (SSSR count). The third-order valence-corrected chi connectivity index (χ3v) is 7.25. The van der Waals surface area contributed by atoms with Gasteiger partial charge < -0.3 is 14.0 Å². The molecule has 6 aromatic rings. The Hall–Kier alpha value is -5.16. The molecule has 5 aromatic carbocycles. The van der Waals surface area contributed by atoms with Gasteiger partial charge in [0.25, 0.3) is 0 Å². The Bertz CT molecular complexity index is 1780. The number of hydrogen-bond donors (Lipinski definition) is 0. The Kier molecular flexibility index (Phi) is 7.09. The summed E-state index contributed by atoms with van der Waals surface area (Å²) in [6.45, 7) is 4.24. The molecule has 0 aliphatic heterocycles. The van der Waals surface area contributed by atoms with E-state index in [1.165, 1.54) is 0 Å². The summed E-state index contributed by atoms with van der Waals surface area (Å²) >= 11 is 0. The second kappa shape index (κ2) is 11.1. The number of rotatable bonds is 7. The van der Waals surface area contributed by atoms with Crippen LogP contribution >= 0.6 is 0 Å². The minimum Gasteiger partial charge on any atom is -0.462 e. The number of carbonyl (C=O) groups excluding carboxylic acids is 2. The Labute approximate surface area is 238 Å². The predicted molar refractivity (Wildman–Crippen MR) is 164 cm³/mol. The minimum atomic E-state index is -0.340. The first kappa shape index (κ1) is 26.1. The van der Waals surface area contributed by atoms with E-state index in [1.54, 1.807) is 12.1 Å². The van der Waals surface area contributed by atoms with Crippen molar-refractivity contribution in [3.05, 3.63) is 126 Å². The van der Waals surface area contributed by atoms with Gasteiger partial charge in [0, 0.05) is 16.5 Å². The number of benzene rings is 5. The van der Waals surface area contributed by atoms with Crippen molar-refractivity contribution < 1.29 is 19.1 Å². The Morgan fingerprint density at radius 3 is 1.46 bits per heavy atom. The van der Waals surface area contributed by atoms with Crippen molar-refractivity contribution in [2.24, 2.45) is 0 Å². The summed E-state index contributed by atoms with van der Waals surface area (Å²) in [5, 5.41) is 2.07. The van der Waals surface area contributed by atoms with Crippen molar-refractivity contribution >= 4 is 33.7 Å². The lowest BCUT2D eigenvalue weighted by Crippen LogP contribution is -2.06. The topological polar surface area (TPSA) is 57.5 Å². The maximum absolute atomic E-state index is 12.8. The van der Waals surface area contributed by atoms with Crippen molar-refractivity contribution in [3.8, 4) is 27.9 Å². The Morgan fingerprint density at radius 2 is 1.00 bits per heavy atom. The van der Waals surface area contributed by atoms with E-state index in [-0.39, 0.29) is 11.9 Å². The highest BCUT2D eigenvalue weighted by Crippen LogP contribution is 2.38. The van der Waals surface area contributed by atoms with Crippen LogP contribution in [0.2, 0.25) is 0 Å². The van der Waals surface area contributed by atoms with Gasteiger partial charge in [-0.2, -0.15) is 0 Å². The number of fused-ring (bicyclic) bond motifs is 3. The number of esters is 2. The van der Waals surface area contributed by atoms with Crippen LogP contribution in [0.5, 0.6) is 0 Å². The molecule has 0 amide bonds. The Morgan fingerprint density at radius 1 is 0.561 bits per heavy atom. The predicted octanol–water partition coefficient (Wildman–Crippen LogP) is 8.47. The van der Waals surface area contributed by atoms with Crippen molar-refractivity contribution in [2.75, 3.05) is 13.2 Å². The fraction of sp³-hybridized carbons (Fsp3) is 0.111. The highest BCUT2D eigenvalue weighted by atomic mass is 16.5. The normalized spacial score (nSPS) is 11.1. The van der Waals surface area contributed by atoms with E-state index in [0.717, 1.165) is 49.7 Å². The zero-order chi connectivity index (χ0) is 28.3. The van der Waals surface area contributed by atoms with E-state index < -0.39 is 0 Å². The molecule has 41 heavy (non-hydrogen) atoms. The summed E-state index contributed by atoms with van der Waals surface area (Å²) in [7, 11) is 0. The average Bonchev–Trinajstić information content (AvgIpc) is 3.34. The lowest BCUT2D eigenvalue weighted by molar-refractivity contribution is 0.0517. The molecule has 0 aliphatic rings. The molecule has 5 heteroatoms. The molecule has 0 bridgehead atoms. The fourth-order valence-electron chi connectivity index (χ4n) is 5.46. The van der Waals surface area contributed by atoms with E-state index in [1.807, 2.05) is 68.4 Å². The number of ether oxygens (including phenoxy) is 2. The molecular weight excluding hydrogens is 510 g/mol. The van der Waals surface area contributed by atoms with Crippen LogP contribution in [0.3, 0.4) is 0 Å². The highest BCUT2D eigenvalue weighted by Gasteiger charge is 2.19. The third-order valence-electron chi connectivity index (χ3n) is 7.25. The van der Waals surface area contributed by atoms with Crippen LogP contribution in [0, 0.1) is 0 Å². The summed E-state index contributed by atoms with van der Waals surface area (Å²) in [4.78, 5) is 25.5. The van der Waals surface area contributed by atoms with Gasteiger partial charge in [-0.15, -0.1) is 0 Å². The number of para-hydroxylation sites is 1. The summed E-state index contributed by atoms with van der Waals surface area (Å²) < 4.78 is 12.9. The van der Waals surface area contributed by atoms with Crippen LogP contribution in [-0.4, -0.2) is 29.7 Å². The van der Waals surface area contributed by atoms with Crippen molar-refractivity contribution in [3.63, 3.8) is 0 Å². The molecule has 0 spiro atoms. The minimum absolute atomic E-state index is 0.312. The van der Waals surface area contributed by atoms with Crippen molar-refractivity contribution in [1.29, 1.82) is 0 Å². The molecule has 0 aliphatic carbocycles. The van der Waals surface area contributed by atoms with Crippen LogP contribution in [-0.2, 0) is 9.47 Å². The monoisotopic (exact) mass is 539 g/mol. The first-order valence-electron chi connectivity index (χ1n) is 13.8. The zero-order valence-corrected chi connectivity index (χ0v) is 23.0. The molecule has 0 unspecified atom stereocenters. The second-order valence-electron chi connectivity index (χ2n) is 9.67. The quantitative estimate of drug-likeness (QED) is 0.191. The Balaban J connectivity index is 1.61. The van der Waals surface area contributed by atoms with Crippen LogP contribution in [0.25, 0.3) is 49.7 Å². The van der Waals surface area contributed by atoms with E-state index in [2.05, 4.69) is 53.1 Å². The first-order chi connectivity index (χ1) is 20.1. The maximum Gasteiger partial charge on any atom is 0.338 e. The highest BCUT2D eigenvalue weighted by molar-refractivity contribution is 6.12. The van der Waals surface area contributed by atoms with Crippen LogP contribution in [0.15, 0.2) is 115 Å². The van der Waals surface area contributed by atoms with Crippen molar-refractivity contribution in [1.82, 2.24) is 4.57 Å². The summed E-state index contributed by atoms with van der Waals surface area (Å²) in [6.07, 6.45) is 0. The summed E-state index contributed by atoms with van der Waals surface area (Å²) in [5.74, 6) is -0.680. The number of carbonyl (C=O) groups is 2. The first-order valence-corrected chi connectivity index (χ1v) is 13.8. The molecule has 0 fully saturated rings. The second-order valence-corrected chi connectivity index (χ2v) is 9.67. The van der Waals surface area contributed by atoms with E-state index in [4.69, 9.17) is 9.47 Å².